The summed E-state index contributed by atoms with van der Waals surface area (Å²) in [6.45, 7) is 0.854. The highest BCUT2D eigenvalue weighted by molar-refractivity contribution is 6.05. The maximum atomic E-state index is 12.9. The maximum absolute atomic E-state index is 12.9. The van der Waals surface area contributed by atoms with Crippen molar-refractivity contribution >= 4 is 16.8 Å². The lowest BCUT2D eigenvalue weighted by molar-refractivity contribution is 0.0488. The Bertz CT molecular complexity index is 1270. The lowest BCUT2D eigenvalue weighted by Crippen LogP contribution is -2.53. The van der Waals surface area contributed by atoms with E-state index in [0.29, 0.717) is 24.5 Å². The number of aromatic nitrogens is 5. The fraction of sp³-hybridized carbons (Fsp3) is 0.190. The van der Waals surface area contributed by atoms with Gasteiger partial charge >= 0.3 is 0 Å². The van der Waals surface area contributed by atoms with E-state index in [4.69, 9.17) is 0 Å². The Morgan fingerprint density at radius 2 is 1.76 bits per heavy atom. The molecule has 0 bridgehead atoms. The molecule has 0 atom stereocenters. The Labute approximate surface area is 166 Å². The summed E-state index contributed by atoms with van der Waals surface area (Å²) in [4.78, 5) is 31.0. The molecule has 1 aromatic carbocycles. The van der Waals surface area contributed by atoms with Crippen molar-refractivity contribution in [2.24, 2.45) is 7.05 Å². The smallest absolute Gasteiger partial charge is 0.275 e. The van der Waals surface area contributed by atoms with E-state index in [1.54, 1.807) is 28.0 Å². The van der Waals surface area contributed by atoms with Gasteiger partial charge in [0.1, 0.15) is 0 Å². The first-order valence-corrected chi connectivity index (χ1v) is 9.33. The molecule has 1 fully saturated rings. The number of hydrogen-bond donors (Lipinski definition) is 0. The number of hydrogen-bond acceptors (Lipinski definition) is 5. The van der Waals surface area contributed by atoms with Crippen LogP contribution in [-0.4, -0.2) is 48.4 Å². The molecule has 0 radical (unpaired) electrons. The van der Waals surface area contributed by atoms with Gasteiger partial charge in [0.2, 0.25) is 0 Å². The van der Waals surface area contributed by atoms with Crippen molar-refractivity contribution in [1.29, 1.82) is 0 Å². The van der Waals surface area contributed by atoms with E-state index >= 15 is 0 Å². The Balaban J connectivity index is 1.38. The van der Waals surface area contributed by atoms with Gasteiger partial charge in [-0.3, -0.25) is 19.3 Å². The largest absolute Gasteiger partial charge is 0.333 e. The number of rotatable bonds is 3. The standard InChI is InChI=1S/C21H18N6O2/c1-25-18-5-3-2-4-16(18)20(24-25)21(29)26-12-15(13-26)27-19(28)7-6-17(23-27)14-8-10-22-11-9-14/h2-11,15H,12-13H2,1H3. The van der Waals surface area contributed by atoms with Gasteiger partial charge in [0.05, 0.1) is 17.3 Å². The minimum atomic E-state index is -0.178. The number of carbonyl (C=O) groups excluding carboxylic acids is 1. The normalized spacial score (nSPS) is 14.2. The van der Waals surface area contributed by atoms with Crippen LogP contribution in [0, 0.1) is 0 Å². The van der Waals surface area contributed by atoms with E-state index in [1.165, 1.54) is 10.7 Å². The molecular weight excluding hydrogens is 368 g/mol. The van der Waals surface area contributed by atoms with E-state index in [9.17, 15) is 9.59 Å². The molecule has 1 aliphatic rings. The van der Waals surface area contributed by atoms with Gasteiger partial charge in [-0.05, 0) is 24.3 Å². The zero-order valence-electron chi connectivity index (χ0n) is 15.8. The summed E-state index contributed by atoms with van der Waals surface area (Å²) in [5.74, 6) is -0.128. The summed E-state index contributed by atoms with van der Waals surface area (Å²) >= 11 is 0. The predicted octanol–water partition coefficient (Wildman–Crippen LogP) is 1.89. The van der Waals surface area contributed by atoms with Crippen molar-refractivity contribution in [3.63, 3.8) is 0 Å². The van der Waals surface area contributed by atoms with E-state index in [1.807, 2.05) is 43.4 Å². The Morgan fingerprint density at radius 1 is 1.00 bits per heavy atom. The molecule has 4 aromatic rings. The predicted molar refractivity (Wildman–Crippen MR) is 107 cm³/mol. The van der Waals surface area contributed by atoms with Gasteiger partial charge in [-0.25, -0.2) is 4.68 Å². The summed E-state index contributed by atoms with van der Waals surface area (Å²) in [7, 11) is 1.83. The average molecular weight is 386 g/mol. The first kappa shape index (κ1) is 17.3. The Kier molecular flexibility index (Phi) is 3.97. The molecule has 1 saturated heterocycles. The molecule has 0 spiro atoms. The molecule has 29 heavy (non-hydrogen) atoms. The third kappa shape index (κ3) is 2.89. The van der Waals surface area contributed by atoms with Crippen molar-refractivity contribution in [2.45, 2.75) is 6.04 Å². The number of para-hydroxylation sites is 1. The van der Waals surface area contributed by atoms with Crippen LogP contribution in [0.25, 0.3) is 22.2 Å². The molecule has 1 aliphatic heterocycles. The molecule has 0 N–H and O–H groups in total. The third-order valence-corrected chi connectivity index (χ3v) is 5.26. The topological polar surface area (TPSA) is 85.9 Å². The van der Waals surface area contributed by atoms with E-state index in [-0.39, 0.29) is 17.5 Å². The second-order valence-electron chi connectivity index (χ2n) is 7.09. The van der Waals surface area contributed by atoms with E-state index < -0.39 is 0 Å². The quantitative estimate of drug-likeness (QED) is 0.537. The SMILES string of the molecule is Cn1nc(C(=O)N2CC(n3nc(-c4ccncc4)ccc3=O)C2)c2ccccc21. The first-order valence-electron chi connectivity index (χ1n) is 9.33. The van der Waals surface area contributed by atoms with Crippen LogP contribution in [0.1, 0.15) is 16.5 Å². The third-order valence-electron chi connectivity index (χ3n) is 5.26. The molecule has 0 unspecified atom stereocenters. The van der Waals surface area contributed by atoms with Gasteiger partial charge < -0.3 is 4.90 Å². The average Bonchev–Trinajstić information content (AvgIpc) is 3.06. The minimum Gasteiger partial charge on any atom is -0.333 e. The zero-order valence-corrected chi connectivity index (χ0v) is 15.8. The fourth-order valence-electron chi connectivity index (χ4n) is 3.66. The monoisotopic (exact) mass is 386 g/mol. The van der Waals surface area contributed by atoms with Crippen molar-refractivity contribution in [3.05, 3.63) is 77.0 Å². The highest BCUT2D eigenvalue weighted by Crippen LogP contribution is 2.25. The highest BCUT2D eigenvalue weighted by Gasteiger charge is 2.35. The molecule has 8 nitrogen and oxygen atoms in total. The number of pyridine rings is 1. The van der Waals surface area contributed by atoms with Gasteiger partial charge in [0, 0.05) is 49.5 Å². The van der Waals surface area contributed by atoms with Gasteiger partial charge in [0.15, 0.2) is 5.69 Å². The van der Waals surface area contributed by atoms with Gasteiger partial charge in [0.25, 0.3) is 11.5 Å². The minimum absolute atomic E-state index is 0.128. The van der Waals surface area contributed by atoms with Crippen LogP contribution in [0.5, 0.6) is 0 Å². The van der Waals surface area contributed by atoms with Crippen LogP contribution in [0.3, 0.4) is 0 Å². The van der Waals surface area contributed by atoms with E-state index in [2.05, 4.69) is 15.2 Å². The van der Waals surface area contributed by atoms with Crippen molar-refractivity contribution in [3.8, 4) is 11.3 Å². The van der Waals surface area contributed by atoms with Crippen LogP contribution >= 0.6 is 0 Å². The van der Waals surface area contributed by atoms with Crippen molar-refractivity contribution in [1.82, 2.24) is 29.4 Å². The van der Waals surface area contributed by atoms with Gasteiger partial charge in [-0.2, -0.15) is 10.2 Å². The molecule has 4 heterocycles. The molecule has 3 aromatic heterocycles. The number of aryl methyl sites for hydroxylation is 1. The highest BCUT2D eigenvalue weighted by atomic mass is 16.2. The molecule has 5 rings (SSSR count). The number of carbonyl (C=O) groups is 1. The second kappa shape index (κ2) is 6.66. The summed E-state index contributed by atoms with van der Waals surface area (Å²) < 4.78 is 3.18. The summed E-state index contributed by atoms with van der Waals surface area (Å²) in [6.07, 6.45) is 3.38. The first-order chi connectivity index (χ1) is 14.1. The fourth-order valence-corrected chi connectivity index (χ4v) is 3.66. The number of amides is 1. The number of nitrogens with zero attached hydrogens (tertiary/aromatic N) is 6. The van der Waals surface area contributed by atoms with E-state index in [0.717, 1.165) is 16.5 Å². The molecule has 144 valence electrons. The van der Waals surface area contributed by atoms with Crippen molar-refractivity contribution < 1.29 is 4.79 Å². The zero-order chi connectivity index (χ0) is 20.0. The molecule has 0 aliphatic carbocycles. The second-order valence-corrected chi connectivity index (χ2v) is 7.09. The van der Waals surface area contributed by atoms with Gasteiger partial charge in [-0.1, -0.05) is 18.2 Å². The van der Waals surface area contributed by atoms with Crippen LogP contribution in [-0.2, 0) is 7.05 Å². The lowest BCUT2D eigenvalue weighted by atomic mass is 10.1. The summed E-state index contributed by atoms with van der Waals surface area (Å²) in [5.41, 5.74) is 2.76. The maximum Gasteiger partial charge on any atom is 0.275 e. The number of likely N-dealkylation sites (tertiary alicyclic amines) is 1. The van der Waals surface area contributed by atoms with Crippen LogP contribution in [0.15, 0.2) is 65.7 Å². The Morgan fingerprint density at radius 3 is 2.55 bits per heavy atom. The molecule has 1 amide bonds. The number of fused-ring (bicyclic) bond motifs is 1. The molecule has 8 heteroatoms. The summed E-state index contributed by atoms with van der Waals surface area (Å²) in [6, 6.07) is 14.4. The number of benzene rings is 1. The summed E-state index contributed by atoms with van der Waals surface area (Å²) in [5, 5.41) is 9.73. The van der Waals surface area contributed by atoms with Crippen LogP contribution in [0.2, 0.25) is 0 Å². The van der Waals surface area contributed by atoms with Crippen LogP contribution in [0.4, 0.5) is 0 Å². The molecular formula is C21H18N6O2. The van der Waals surface area contributed by atoms with Crippen LogP contribution < -0.4 is 5.56 Å². The Hall–Kier alpha value is -3.81. The lowest BCUT2D eigenvalue weighted by Gasteiger charge is -2.38. The van der Waals surface area contributed by atoms with Crippen molar-refractivity contribution in [2.75, 3.05) is 13.1 Å². The van der Waals surface area contributed by atoms with Gasteiger partial charge in [-0.15, -0.1) is 0 Å². The molecule has 0 saturated carbocycles.